The van der Waals surface area contributed by atoms with Gasteiger partial charge in [-0.05, 0) is 35.4 Å². The molecular weight excluding hydrogens is 386 g/mol. The van der Waals surface area contributed by atoms with Crippen molar-refractivity contribution in [2.24, 2.45) is 0 Å². The molecule has 2 aromatic carbocycles. The molecule has 1 aliphatic heterocycles. The average Bonchev–Trinajstić information content (AvgIpc) is 2.80. The largest absolute Gasteiger partial charge is 0.283 e. The summed E-state index contributed by atoms with van der Waals surface area (Å²) in [7, 11) is 0. The number of aromatic nitrogens is 2. The van der Waals surface area contributed by atoms with E-state index < -0.39 is 0 Å². The Morgan fingerprint density at radius 3 is 1.70 bits per heavy atom. The lowest BCUT2D eigenvalue weighted by molar-refractivity contribution is -0.697. The molecule has 0 radical (unpaired) electrons. The zero-order valence-electron chi connectivity index (χ0n) is 17.1. The molecule has 4 heteroatoms. The number of pyridine rings is 2. The molecule has 4 aromatic rings. The summed E-state index contributed by atoms with van der Waals surface area (Å²) in [6, 6.07) is 26.1. The third-order valence-corrected chi connectivity index (χ3v) is 6.56. The zero-order chi connectivity index (χ0) is 20.3. The molecule has 0 atom stereocenters. The second-order valence-electron chi connectivity index (χ2n) is 7.53. The molecule has 0 bridgehead atoms. The minimum absolute atomic E-state index is 0.778. The highest BCUT2D eigenvalue weighted by molar-refractivity contribution is 7.99. The van der Waals surface area contributed by atoms with Crippen molar-refractivity contribution in [2.45, 2.75) is 36.3 Å². The normalized spacial score (nSPS) is 12.4. The van der Waals surface area contributed by atoms with Crippen LogP contribution < -0.4 is 14.0 Å². The number of fused-ring (bicyclic) bond motifs is 2. The van der Waals surface area contributed by atoms with Crippen LogP contribution in [-0.2, 0) is 13.2 Å². The summed E-state index contributed by atoms with van der Waals surface area (Å²) < 4.78 is 4.48. The summed E-state index contributed by atoms with van der Waals surface area (Å²) in [5.41, 5.74) is 5.02. The molecule has 0 N–H and O–H groups in total. The minimum atomic E-state index is 0.778. The number of anilines is 2. The summed E-state index contributed by atoms with van der Waals surface area (Å²) in [5.74, 6) is 0. The van der Waals surface area contributed by atoms with Crippen LogP contribution in [-0.4, -0.2) is 0 Å². The van der Waals surface area contributed by atoms with Gasteiger partial charge in [0.2, 0.25) is 6.67 Å². The quantitative estimate of drug-likeness (QED) is 0.396. The van der Waals surface area contributed by atoms with Gasteiger partial charge in [0.15, 0.2) is 24.8 Å². The molecule has 3 heterocycles. The van der Waals surface area contributed by atoms with Gasteiger partial charge in [-0.2, -0.15) is 4.57 Å². The summed E-state index contributed by atoms with van der Waals surface area (Å²) >= 11 is 1.85. The monoisotopic (exact) mass is 411 g/mol. The molecule has 2 aromatic heterocycles. The van der Waals surface area contributed by atoms with Gasteiger partial charge in [-0.3, -0.25) is 4.90 Å². The van der Waals surface area contributed by atoms with E-state index in [1.54, 1.807) is 0 Å². The summed E-state index contributed by atoms with van der Waals surface area (Å²) in [4.78, 5) is 5.01. The molecule has 5 rings (SSSR count). The van der Waals surface area contributed by atoms with Gasteiger partial charge in [0, 0.05) is 40.5 Å². The van der Waals surface area contributed by atoms with E-state index in [4.69, 9.17) is 0 Å². The standard InChI is InChI=1S/C26H25N3S/c1-2-15-27-16-11-21(12-17-27)22-13-18-28(19-14-22)20-29-23-7-3-5-9-25(23)30-26-10-6-4-8-24(26)29/h3-14,16-19H,2,15,20H2,1H3/q+2. The molecule has 1 aliphatic rings. The van der Waals surface area contributed by atoms with Gasteiger partial charge in [0.1, 0.15) is 6.54 Å². The van der Waals surface area contributed by atoms with Crippen LogP contribution in [0.15, 0.2) is 107 Å². The van der Waals surface area contributed by atoms with Crippen LogP contribution in [0, 0.1) is 0 Å². The fraction of sp³-hybridized carbons (Fsp3) is 0.154. The highest BCUT2D eigenvalue weighted by Gasteiger charge is 2.25. The van der Waals surface area contributed by atoms with E-state index in [-0.39, 0.29) is 0 Å². The van der Waals surface area contributed by atoms with Crippen molar-refractivity contribution < 1.29 is 9.13 Å². The number of para-hydroxylation sites is 2. The number of hydrogen-bond donors (Lipinski definition) is 0. The first-order valence-electron chi connectivity index (χ1n) is 10.4. The average molecular weight is 412 g/mol. The Bertz CT molecular complexity index is 1110. The van der Waals surface area contributed by atoms with Crippen molar-refractivity contribution in [1.82, 2.24) is 0 Å². The van der Waals surface area contributed by atoms with Crippen LogP contribution in [0.1, 0.15) is 13.3 Å². The second-order valence-corrected chi connectivity index (χ2v) is 8.62. The number of rotatable bonds is 5. The van der Waals surface area contributed by atoms with Gasteiger partial charge in [0.25, 0.3) is 0 Å². The lowest BCUT2D eigenvalue weighted by Gasteiger charge is -2.30. The fourth-order valence-corrected chi connectivity index (χ4v) is 4.99. The molecule has 0 aliphatic carbocycles. The molecule has 30 heavy (non-hydrogen) atoms. The molecule has 0 unspecified atom stereocenters. The van der Waals surface area contributed by atoms with Crippen molar-refractivity contribution in [2.75, 3.05) is 4.90 Å². The number of aryl methyl sites for hydroxylation is 1. The Labute approximate surface area is 182 Å². The van der Waals surface area contributed by atoms with Gasteiger partial charge in [-0.25, -0.2) is 4.57 Å². The Balaban J connectivity index is 1.41. The van der Waals surface area contributed by atoms with E-state index in [1.165, 1.54) is 32.3 Å². The smallest absolute Gasteiger partial charge is 0.228 e. The van der Waals surface area contributed by atoms with Crippen molar-refractivity contribution in [3.63, 3.8) is 0 Å². The van der Waals surface area contributed by atoms with Crippen LogP contribution in [0.2, 0.25) is 0 Å². The van der Waals surface area contributed by atoms with Crippen LogP contribution >= 0.6 is 11.8 Å². The molecule has 0 spiro atoms. The van der Waals surface area contributed by atoms with Gasteiger partial charge < -0.3 is 0 Å². The lowest BCUT2D eigenvalue weighted by Crippen LogP contribution is -2.42. The van der Waals surface area contributed by atoms with Crippen LogP contribution in [0.4, 0.5) is 11.4 Å². The molecule has 0 amide bonds. The van der Waals surface area contributed by atoms with Gasteiger partial charge >= 0.3 is 0 Å². The molecule has 0 fully saturated rings. The minimum Gasteiger partial charge on any atom is -0.283 e. The Hall–Kier alpha value is -3.11. The van der Waals surface area contributed by atoms with E-state index >= 15 is 0 Å². The number of hydrogen-bond acceptors (Lipinski definition) is 2. The molecule has 0 saturated carbocycles. The molecular formula is C26H25N3S+2. The summed E-state index contributed by atoms with van der Waals surface area (Å²) in [5, 5.41) is 0. The van der Waals surface area contributed by atoms with Gasteiger partial charge in [0.05, 0.1) is 11.4 Å². The molecule has 148 valence electrons. The third kappa shape index (κ3) is 3.71. The summed E-state index contributed by atoms with van der Waals surface area (Å²) in [6.45, 7) is 4.04. The van der Waals surface area contributed by atoms with Crippen LogP contribution in [0.5, 0.6) is 0 Å². The van der Waals surface area contributed by atoms with Crippen molar-refractivity contribution in [3.8, 4) is 11.1 Å². The maximum atomic E-state index is 2.40. The van der Waals surface area contributed by atoms with Crippen molar-refractivity contribution >= 4 is 23.1 Å². The van der Waals surface area contributed by atoms with Crippen LogP contribution in [0.25, 0.3) is 11.1 Å². The van der Waals surface area contributed by atoms with Crippen LogP contribution in [0.3, 0.4) is 0 Å². The topological polar surface area (TPSA) is 11.0 Å². The fourth-order valence-electron chi connectivity index (χ4n) is 3.90. The second kappa shape index (κ2) is 8.33. The van der Waals surface area contributed by atoms with E-state index in [0.29, 0.717) is 0 Å². The maximum absolute atomic E-state index is 2.40. The van der Waals surface area contributed by atoms with E-state index in [9.17, 15) is 0 Å². The first-order chi connectivity index (χ1) is 14.8. The number of benzene rings is 2. The maximum Gasteiger partial charge on any atom is 0.228 e. The zero-order valence-corrected chi connectivity index (χ0v) is 17.9. The molecule has 0 saturated heterocycles. The number of nitrogens with zero attached hydrogens (tertiary/aromatic N) is 3. The predicted octanol–water partition coefficient (Wildman–Crippen LogP) is 5.60. The Morgan fingerprint density at radius 2 is 1.17 bits per heavy atom. The highest BCUT2D eigenvalue weighted by Crippen LogP contribution is 2.47. The van der Waals surface area contributed by atoms with Gasteiger partial charge in [-0.1, -0.05) is 43.0 Å². The first kappa shape index (κ1) is 18.9. The van der Waals surface area contributed by atoms with Gasteiger partial charge in [-0.15, -0.1) is 0 Å². The Morgan fingerprint density at radius 1 is 0.667 bits per heavy atom. The third-order valence-electron chi connectivity index (χ3n) is 5.43. The van der Waals surface area contributed by atoms with E-state index in [0.717, 1.165) is 19.6 Å². The van der Waals surface area contributed by atoms with E-state index in [1.807, 2.05) is 11.8 Å². The molecule has 3 nitrogen and oxygen atoms in total. The first-order valence-corrected chi connectivity index (χ1v) is 11.3. The highest BCUT2D eigenvalue weighted by atomic mass is 32.2. The Kier molecular flexibility index (Phi) is 5.24. The van der Waals surface area contributed by atoms with Crippen molar-refractivity contribution in [1.29, 1.82) is 0 Å². The lowest BCUT2D eigenvalue weighted by atomic mass is 10.1. The SMILES string of the molecule is CCC[n+]1ccc(-c2cc[n+](CN3c4ccccc4Sc4ccccc43)cc2)cc1. The predicted molar refractivity (Wildman–Crippen MR) is 122 cm³/mol. The summed E-state index contributed by atoms with van der Waals surface area (Å²) in [6.07, 6.45) is 9.83. The van der Waals surface area contributed by atoms with Crippen molar-refractivity contribution in [3.05, 3.63) is 97.6 Å². The van der Waals surface area contributed by atoms with E-state index in [2.05, 4.69) is 119 Å².